The van der Waals surface area contributed by atoms with Gasteiger partial charge >= 0.3 is 0 Å². The second kappa shape index (κ2) is 5.20. The SMILES string of the molecule is CNCc1cn(Cc2ncccn2)c2ccccc12. The van der Waals surface area contributed by atoms with Gasteiger partial charge in [0.25, 0.3) is 0 Å². The number of nitrogens with one attached hydrogen (secondary N) is 1. The summed E-state index contributed by atoms with van der Waals surface area (Å²) in [6, 6.07) is 10.3. The molecule has 0 spiro atoms. The summed E-state index contributed by atoms with van der Waals surface area (Å²) in [6.07, 6.45) is 5.74. The minimum atomic E-state index is 0.699. The molecule has 0 fully saturated rings. The zero-order chi connectivity index (χ0) is 13.1. The highest BCUT2D eigenvalue weighted by Crippen LogP contribution is 2.21. The lowest BCUT2D eigenvalue weighted by molar-refractivity contribution is 0.758. The standard InChI is InChI=1S/C15H16N4/c1-16-9-12-10-19(11-15-17-7-4-8-18-15)14-6-3-2-5-13(12)14/h2-8,10,16H,9,11H2,1H3. The van der Waals surface area contributed by atoms with Crippen LogP contribution in [0.4, 0.5) is 0 Å². The van der Waals surface area contributed by atoms with Crippen LogP contribution in [0.2, 0.25) is 0 Å². The molecule has 2 heterocycles. The Balaban J connectivity index is 2.03. The van der Waals surface area contributed by atoms with E-state index in [0.717, 1.165) is 12.4 Å². The number of rotatable bonds is 4. The summed E-state index contributed by atoms with van der Waals surface area (Å²) in [6.45, 7) is 1.56. The molecule has 96 valence electrons. The highest BCUT2D eigenvalue weighted by Gasteiger charge is 2.08. The summed E-state index contributed by atoms with van der Waals surface area (Å²) < 4.78 is 2.21. The number of benzene rings is 1. The molecular weight excluding hydrogens is 236 g/mol. The largest absolute Gasteiger partial charge is 0.339 e. The highest BCUT2D eigenvalue weighted by molar-refractivity contribution is 5.84. The quantitative estimate of drug-likeness (QED) is 0.774. The van der Waals surface area contributed by atoms with E-state index in [1.54, 1.807) is 12.4 Å². The average Bonchev–Trinajstić information content (AvgIpc) is 2.79. The maximum Gasteiger partial charge on any atom is 0.147 e. The van der Waals surface area contributed by atoms with E-state index in [4.69, 9.17) is 0 Å². The minimum absolute atomic E-state index is 0.699. The topological polar surface area (TPSA) is 42.7 Å². The van der Waals surface area contributed by atoms with Gasteiger partial charge in [-0.2, -0.15) is 0 Å². The molecular formula is C15H16N4. The molecule has 4 heteroatoms. The zero-order valence-electron chi connectivity index (χ0n) is 10.9. The van der Waals surface area contributed by atoms with Crippen LogP contribution in [0, 0.1) is 0 Å². The summed E-state index contributed by atoms with van der Waals surface area (Å²) in [5, 5.41) is 4.49. The predicted octanol–water partition coefficient (Wildman–Crippen LogP) is 2.20. The van der Waals surface area contributed by atoms with Crippen LogP contribution >= 0.6 is 0 Å². The Bertz CT molecular complexity index is 673. The van der Waals surface area contributed by atoms with E-state index < -0.39 is 0 Å². The summed E-state index contributed by atoms with van der Waals surface area (Å²) >= 11 is 0. The molecule has 0 unspecified atom stereocenters. The first kappa shape index (κ1) is 11.9. The van der Waals surface area contributed by atoms with Crippen molar-refractivity contribution in [3.8, 4) is 0 Å². The van der Waals surface area contributed by atoms with Crippen molar-refractivity contribution in [2.45, 2.75) is 13.1 Å². The molecule has 1 N–H and O–H groups in total. The van der Waals surface area contributed by atoms with Gasteiger partial charge in [-0.3, -0.25) is 0 Å². The van der Waals surface area contributed by atoms with Gasteiger partial charge in [0.1, 0.15) is 5.82 Å². The molecule has 1 aromatic carbocycles. The second-order valence-corrected chi connectivity index (χ2v) is 4.49. The van der Waals surface area contributed by atoms with E-state index in [1.807, 2.05) is 13.1 Å². The molecule has 0 aliphatic rings. The highest BCUT2D eigenvalue weighted by atomic mass is 15.0. The second-order valence-electron chi connectivity index (χ2n) is 4.49. The van der Waals surface area contributed by atoms with Gasteiger partial charge in [0.05, 0.1) is 6.54 Å². The fourth-order valence-corrected chi connectivity index (χ4v) is 2.35. The number of aromatic nitrogens is 3. The van der Waals surface area contributed by atoms with Gasteiger partial charge < -0.3 is 9.88 Å². The lowest BCUT2D eigenvalue weighted by atomic mass is 10.2. The van der Waals surface area contributed by atoms with E-state index in [1.165, 1.54) is 16.5 Å². The van der Waals surface area contributed by atoms with Crippen LogP contribution in [0.1, 0.15) is 11.4 Å². The van der Waals surface area contributed by atoms with Gasteiger partial charge in [0.15, 0.2) is 0 Å². The maximum absolute atomic E-state index is 4.29. The van der Waals surface area contributed by atoms with E-state index in [-0.39, 0.29) is 0 Å². The van der Waals surface area contributed by atoms with Crippen LogP contribution in [0.25, 0.3) is 10.9 Å². The van der Waals surface area contributed by atoms with Gasteiger partial charge in [-0.25, -0.2) is 9.97 Å². The lowest BCUT2D eigenvalue weighted by Gasteiger charge is -2.03. The third kappa shape index (κ3) is 2.35. The fourth-order valence-electron chi connectivity index (χ4n) is 2.35. The van der Waals surface area contributed by atoms with Gasteiger partial charge in [0.2, 0.25) is 0 Å². The van der Waals surface area contributed by atoms with E-state index in [0.29, 0.717) is 6.54 Å². The van der Waals surface area contributed by atoms with Crippen molar-refractivity contribution in [2.75, 3.05) is 7.05 Å². The molecule has 19 heavy (non-hydrogen) atoms. The number of hydrogen-bond acceptors (Lipinski definition) is 3. The number of fused-ring (bicyclic) bond motifs is 1. The van der Waals surface area contributed by atoms with E-state index in [2.05, 4.69) is 50.3 Å². The Kier molecular flexibility index (Phi) is 3.25. The molecule has 0 bridgehead atoms. The molecule has 0 saturated heterocycles. The Labute approximate surface area is 112 Å². The fraction of sp³-hybridized carbons (Fsp3) is 0.200. The molecule has 2 aromatic heterocycles. The van der Waals surface area contributed by atoms with Gasteiger partial charge in [-0.15, -0.1) is 0 Å². The Morgan fingerprint density at radius 2 is 1.89 bits per heavy atom. The van der Waals surface area contributed by atoms with E-state index >= 15 is 0 Å². The monoisotopic (exact) mass is 252 g/mol. The molecule has 0 atom stereocenters. The van der Waals surface area contributed by atoms with Crippen LogP contribution in [-0.2, 0) is 13.1 Å². The Hall–Kier alpha value is -2.20. The molecule has 0 amide bonds. The normalized spacial score (nSPS) is 11.0. The van der Waals surface area contributed by atoms with Crippen molar-refractivity contribution in [3.63, 3.8) is 0 Å². The smallest absolute Gasteiger partial charge is 0.147 e. The van der Waals surface area contributed by atoms with Crippen molar-refractivity contribution in [2.24, 2.45) is 0 Å². The summed E-state index contributed by atoms with van der Waals surface area (Å²) in [4.78, 5) is 8.58. The molecule has 0 aliphatic heterocycles. The Morgan fingerprint density at radius 3 is 2.68 bits per heavy atom. The summed E-state index contributed by atoms with van der Waals surface area (Å²) in [7, 11) is 1.96. The van der Waals surface area contributed by atoms with Gasteiger partial charge in [-0.05, 0) is 24.7 Å². The molecule has 3 aromatic rings. The van der Waals surface area contributed by atoms with E-state index in [9.17, 15) is 0 Å². The van der Waals surface area contributed by atoms with Crippen LogP contribution in [0.5, 0.6) is 0 Å². The lowest BCUT2D eigenvalue weighted by Crippen LogP contribution is -2.05. The molecule has 3 rings (SSSR count). The molecule has 0 saturated carbocycles. The Morgan fingerprint density at radius 1 is 1.11 bits per heavy atom. The number of hydrogen-bond donors (Lipinski definition) is 1. The first-order valence-electron chi connectivity index (χ1n) is 6.35. The van der Waals surface area contributed by atoms with Crippen molar-refractivity contribution >= 4 is 10.9 Å². The van der Waals surface area contributed by atoms with Gasteiger partial charge in [0, 0.05) is 36.0 Å². The van der Waals surface area contributed by atoms with Gasteiger partial charge in [-0.1, -0.05) is 18.2 Å². The third-order valence-electron chi connectivity index (χ3n) is 3.17. The third-order valence-corrected chi connectivity index (χ3v) is 3.17. The molecule has 4 nitrogen and oxygen atoms in total. The van der Waals surface area contributed by atoms with Crippen molar-refractivity contribution in [3.05, 3.63) is 60.3 Å². The van der Waals surface area contributed by atoms with Crippen LogP contribution in [0.15, 0.2) is 48.9 Å². The maximum atomic E-state index is 4.29. The average molecular weight is 252 g/mol. The van der Waals surface area contributed by atoms with Crippen LogP contribution in [-0.4, -0.2) is 21.6 Å². The summed E-state index contributed by atoms with van der Waals surface area (Å²) in [5.74, 6) is 0.833. The molecule has 0 aliphatic carbocycles. The zero-order valence-corrected chi connectivity index (χ0v) is 10.9. The first-order chi connectivity index (χ1) is 9.38. The number of para-hydroxylation sites is 1. The summed E-state index contributed by atoms with van der Waals surface area (Å²) in [5.41, 5.74) is 2.52. The number of nitrogens with zero attached hydrogens (tertiary/aromatic N) is 3. The van der Waals surface area contributed by atoms with Crippen molar-refractivity contribution in [1.82, 2.24) is 19.9 Å². The predicted molar refractivity (Wildman–Crippen MR) is 75.8 cm³/mol. The first-order valence-corrected chi connectivity index (χ1v) is 6.35. The molecule has 0 radical (unpaired) electrons. The van der Waals surface area contributed by atoms with Crippen LogP contribution < -0.4 is 5.32 Å². The van der Waals surface area contributed by atoms with Crippen LogP contribution in [0.3, 0.4) is 0 Å². The van der Waals surface area contributed by atoms with Crippen molar-refractivity contribution in [1.29, 1.82) is 0 Å². The minimum Gasteiger partial charge on any atom is -0.339 e. The van der Waals surface area contributed by atoms with Crippen molar-refractivity contribution < 1.29 is 0 Å².